The highest BCUT2D eigenvalue weighted by molar-refractivity contribution is 5.79. The van der Waals surface area contributed by atoms with E-state index in [0.29, 0.717) is 13.2 Å². The van der Waals surface area contributed by atoms with Crippen LogP contribution in [0, 0.1) is 0 Å². The Labute approximate surface area is 195 Å². The van der Waals surface area contributed by atoms with Gasteiger partial charge < -0.3 is 14.6 Å². The lowest BCUT2D eigenvalue weighted by Gasteiger charge is -2.08. The number of esters is 1. The molecule has 0 aliphatic carbocycles. The minimum atomic E-state index is -0.242. The standard InChI is InChI=1S/C28H29N3O2/c1-31-25(18-11-19-29-20-26(32)33-21-22-12-5-2-6-13-22)30-27(23-14-7-3-8-15-23)28(31)24-16-9-4-10-17-24/h2-10,12-17,29H,11,18-21H2,1H3. The Hall–Kier alpha value is -3.70. The van der Waals surface area contributed by atoms with E-state index in [0.717, 1.165) is 46.7 Å². The molecule has 5 nitrogen and oxygen atoms in total. The zero-order valence-corrected chi connectivity index (χ0v) is 18.9. The second kappa shape index (κ2) is 11.2. The van der Waals surface area contributed by atoms with Crippen molar-refractivity contribution in [2.24, 2.45) is 7.05 Å². The van der Waals surface area contributed by atoms with Crippen molar-refractivity contribution in [1.29, 1.82) is 0 Å². The van der Waals surface area contributed by atoms with E-state index < -0.39 is 0 Å². The van der Waals surface area contributed by atoms with E-state index >= 15 is 0 Å². The Morgan fingerprint density at radius 1 is 0.879 bits per heavy atom. The zero-order chi connectivity index (χ0) is 22.9. The number of imidazole rings is 1. The molecule has 168 valence electrons. The molecule has 0 atom stereocenters. The van der Waals surface area contributed by atoms with Crippen LogP contribution in [0.2, 0.25) is 0 Å². The number of carbonyl (C=O) groups excluding carboxylic acids is 1. The molecule has 4 rings (SSSR count). The van der Waals surface area contributed by atoms with E-state index in [2.05, 4.69) is 53.3 Å². The maximum absolute atomic E-state index is 12.0. The molecule has 0 bridgehead atoms. The van der Waals surface area contributed by atoms with Crippen molar-refractivity contribution in [3.63, 3.8) is 0 Å². The maximum atomic E-state index is 12.0. The van der Waals surface area contributed by atoms with Gasteiger partial charge in [-0.25, -0.2) is 4.98 Å². The summed E-state index contributed by atoms with van der Waals surface area (Å²) in [6.07, 6.45) is 1.69. The molecular weight excluding hydrogens is 410 g/mol. The van der Waals surface area contributed by atoms with Gasteiger partial charge in [-0.05, 0) is 18.5 Å². The highest BCUT2D eigenvalue weighted by Crippen LogP contribution is 2.32. The first-order chi connectivity index (χ1) is 16.2. The van der Waals surface area contributed by atoms with E-state index in [1.54, 1.807) is 0 Å². The average Bonchev–Trinajstić information content (AvgIpc) is 3.20. The molecule has 0 saturated carbocycles. The minimum Gasteiger partial charge on any atom is -0.460 e. The normalized spacial score (nSPS) is 10.8. The maximum Gasteiger partial charge on any atom is 0.320 e. The number of carbonyl (C=O) groups is 1. The van der Waals surface area contributed by atoms with E-state index in [1.165, 1.54) is 0 Å². The largest absolute Gasteiger partial charge is 0.460 e. The summed E-state index contributed by atoms with van der Waals surface area (Å²) in [5, 5.41) is 3.18. The molecule has 0 unspecified atom stereocenters. The average molecular weight is 440 g/mol. The number of nitrogens with zero attached hydrogens (tertiary/aromatic N) is 2. The van der Waals surface area contributed by atoms with Crippen LogP contribution in [0.5, 0.6) is 0 Å². The van der Waals surface area contributed by atoms with Crippen molar-refractivity contribution in [2.45, 2.75) is 19.4 Å². The summed E-state index contributed by atoms with van der Waals surface area (Å²) in [7, 11) is 2.07. The van der Waals surface area contributed by atoms with Crippen molar-refractivity contribution in [3.05, 3.63) is 102 Å². The molecule has 0 fully saturated rings. The molecule has 0 radical (unpaired) electrons. The molecule has 0 aliphatic heterocycles. The lowest BCUT2D eigenvalue weighted by Crippen LogP contribution is -2.26. The molecule has 3 aromatic carbocycles. The molecule has 5 heteroatoms. The summed E-state index contributed by atoms with van der Waals surface area (Å²) in [5.74, 6) is 0.787. The fourth-order valence-electron chi connectivity index (χ4n) is 3.84. The Morgan fingerprint density at radius 2 is 1.48 bits per heavy atom. The number of aryl methyl sites for hydroxylation is 1. The van der Waals surface area contributed by atoms with Crippen LogP contribution < -0.4 is 5.32 Å². The summed E-state index contributed by atoms with van der Waals surface area (Å²) >= 11 is 0. The van der Waals surface area contributed by atoms with Crippen molar-refractivity contribution in [1.82, 2.24) is 14.9 Å². The van der Waals surface area contributed by atoms with Gasteiger partial charge in [0.1, 0.15) is 12.4 Å². The first-order valence-corrected chi connectivity index (χ1v) is 11.3. The molecule has 1 N–H and O–H groups in total. The first kappa shape index (κ1) is 22.5. The molecule has 0 aliphatic rings. The van der Waals surface area contributed by atoms with Gasteiger partial charge in [0.15, 0.2) is 0 Å². The summed E-state index contributed by atoms with van der Waals surface area (Å²) in [4.78, 5) is 17.0. The van der Waals surface area contributed by atoms with E-state index in [4.69, 9.17) is 9.72 Å². The van der Waals surface area contributed by atoms with Crippen molar-refractivity contribution < 1.29 is 9.53 Å². The van der Waals surface area contributed by atoms with Crippen LogP contribution in [0.25, 0.3) is 22.5 Å². The fraction of sp³-hybridized carbons (Fsp3) is 0.214. The van der Waals surface area contributed by atoms with E-state index in [9.17, 15) is 4.79 Å². The van der Waals surface area contributed by atoms with Crippen molar-refractivity contribution >= 4 is 5.97 Å². The van der Waals surface area contributed by atoms with Gasteiger partial charge in [-0.15, -0.1) is 0 Å². The second-order valence-electron chi connectivity index (χ2n) is 7.94. The Kier molecular flexibility index (Phi) is 7.67. The molecule has 0 saturated heterocycles. The summed E-state index contributed by atoms with van der Waals surface area (Å²) in [5.41, 5.74) is 5.37. The number of nitrogens with one attached hydrogen (secondary N) is 1. The van der Waals surface area contributed by atoms with Gasteiger partial charge in [0.2, 0.25) is 0 Å². The molecule has 1 aromatic heterocycles. The highest BCUT2D eigenvalue weighted by Gasteiger charge is 2.17. The Morgan fingerprint density at radius 3 is 2.15 bits per heavy atom. The SMILES string of the molecule is Cn1c(CCCNCC(=O)OCc2ccccc2)nc(-c2ccccc2)c1-c1ccccc1. The van der Waals surface area contributed by atoms with Crippen LogP contribution in [0.4, 0.5) is 0 Å². The third-order valence-electron chi connectivity index (χ3n) is 5.55. The van der Waals surface area contributed by atoms with Crippen molar-refractivity contribution in [2.75, 3.05) is 13.1 Å². The van der Waals surface area contributed by atoms with Crippen LogP contribution in [-0.4, -0.2) is 28.6 Å². The third-order valence-corrected chi connectivity index (χ3v) is 5.55. The quantitative estimate of drug-likeness (QED) is 0.278. The predicted molar refractivity (Wildman–Crippen MR) is 132 cm³/mol. The molecule has 4 aromatic rings. The fourth-order valence-corrected chi connectivity index (χ4v) is 3.84. The smallest absolute Gasteiger partial charge is 0.320 e. The van der Waals surface area contributed by atoms with E-state index in [-0.39, 0.29) is 12.5 Å². The zero-order valence-electron chi connectivity index (χ0n) is 18.9. The Balaban J connectivity index is 1.34. The first-order valence-electron chi connectivity index (χ1n) is 11.3. The van der Waals surface area contributed by atoms with Gasteiger partial charge in [-0.2, -0.15) is 0 Å². The summed E-state index contributed by atoms with van der Waals surface area (Å²) in [6, 6.07) is 30.4. The number of rotatable bonds is 10. The van der Waals surface area contributed by atoms with Crippen LogP contribution >= 0.6 is 0 Å². The van der Waals surface area contributed by atoms with Gasteiger partial charge in [0, 0.05) is 24.6 Å². The number of ether oxygens (including phenoxy) is 1. The molecule has 0 amide bonds. The highest BCUT2D eigenvalue weighted by atomic mass is 16.5. The minimum absolute atomic E-state index is 0.206. The lowest BCUT2D eigenvalue weighted by atomic mass is 10.1. The topological polar surface area (TPSA) is 56.2 Å². The Bertz CT molecular complexity index is 1160. The number of hydrogen-bond donors (Lipinski definition) is 1. The number of aromatic nitrogens is 2. The monoisotopic (exact) mass is 439 g/mol. The van der Waals surface area contributed by atoms with Crippen LogP contribution in [0.3, 0.4) is 0 Å². The molecule has 1 heterocycles. The van der Waals surface area contributed by atoms with Crippen LogP contribution in [-0.2, 0) is 29.6 Å². The van der Waals surface area contributed by atoms with Gasteiger partial charge in [0.25, 0.3) is 0 Å². The van der Waals surface area contributed by atoms with Gasteiger partial charge in [-0.1, -0.05) is 91.0 Å². The molecule has 33 heavy (non-hydrogen) atoms. The summed E-state index contributed by atoms with van der Waals surface area (Å²) in [6.45, 7) is 1.23. The van der Waals surface area contributed by atoms with E-state index in [1.807, 2.05) is 54.6 Å². The predicted octanol–water partition coefficient (Wildman–Crippen LogP) is 5.02. The van der Waals surface area contributed by atoms with Crippen LogP contribution in [0.1, 0.15) is 17.8 Å². The van der Waals surface area contributed by atoms with Crippen molar-refractivity contribution in [3.8, 4) is 22.5 Å². The molecule has 0 spiro atoms. The second-order valence-corrected chi connectivity index (χ2v) is 7.94. The van der Waals surface area contributed by atoms with Gasteiger partial charge in [-0.3, -0.25) is 4.79 Å². The van der Waals surface area contributed by atoms with Gasteiger partial charge in [0.05, 0.1) is 17.9 Å². The third kappa shape index (κ3) is 5.96. The van der Waals surface area contributed by atoms with Gasteiger partial charge >= 0.3 is 5.97 Å². The number of hydrogen-bond acceptors (Lipinski definition) is 4. The molecular formula is C28H29N3O2. The lowest BCUT2D eigenvalue weighted by molar-refractivity contribution is -0.143. The van der Waals surface area contributed by atoms with Crippen LogP contribution in [0.15, 0.2) is 91.0 Å². The summed E-state index contributed by atoms with van der Waals surface area (Å²) < 4.78 is 7.50. The number of benzene rings is 3.